The molecule has 0 spiro atoms. The summed E-state index contributed by atoms with van der Waals surface area (Å²) in [4.78, 5) is 12.6. The molecule has 1 amide bonds. The van der Waals surface area contributed by atoms with Crippen LogP contribution in [0.3, 0.4) is 0 Å². The molecule has 6 heteroatoms. The molecule has 1 atom stereocenters. The van der Waals surface area contributed by atoms with E-state index in [2.05, 4.69) is 5.32 Å². The Morgan fingerprint density at radius 2 is 1.74 bits per heavy atom. The van der Waals surface area contributed by atoms with E-state index in [1.165, 1.54) is 12.1 Å². The fourth-order valence-corrected chi connectivity index (χ4v) is 3.65. The third kappa shape index (κ3) is 3.92. The van der Waals surface area contributed by atoms with E-state index >= 15 is 0 Å². The molecule has 0 saturated carbocycles. The first kappa shape index (κ1) is 17.5. The van der Waals surface area contributed by atoms with E-state index in [1.54, 1.807) is 32.0 Å². The molecule has 0 aliphatic carbocycles. The lowest BCUT2D eigenvalue weighted by atomic mass is 10.1. The first-order chi connectivity index (χ1) is 10.9. The lowest BCUT2D eigenvalue weighted by Gasteiger charge is -2.17. The van der Waals surface area contributed by atoms with Crippen LogP contribution in [0.2, 0.25) is 5.02 Å². The summed E-state index contributed by atoms with van der Waals surface area (Å²) in [6, 6.07) is 13.1. The molecule has 1 N–H and O–H groups in total. The molecular weight excluding hydrogens is 334 g/mol. The lowest BCUT2D eigenvalue weighted by molar-refractivity contribution is 0.0936. The van der Waals surface area contributed by atoms with E-state index in [0.717, 1.165) is 5.56 Å². The highest BCUT2D eigenvalue weighted by molar-refractivity contribution is 7.91. The highest BCUT2D eigenvalue weighted by Crippen LogP contribution is 2.23. The summed E-state index contributed by atoms with van der Waals surface area (Å²) in [7, 11) is -3.47. The Bertz CT molecular complexity index is 818. The van der Waals surface area contributed by atoms with Gasteiger partial charge >= 0.3 is 0 Å². The maximum absolute atomic E-state index is 12.5. The third-order valence-electron chi connectivity index (χ3n) is 3.57. The summed E-state index contributed by atoms with van der Waals surface area (Å²) in [6.07, 6.45) is 0. The predicted molar refractivity (Wildman–Crippen MR) is 91.5 cm³/mol. The van der Waals surface area contributed by atoms with Crippen LogP contribution in [0.5, 0.6) is 0 Å². The number of rotatable bonds is 5. The first-order valence-electron chi connectivity index (χ1n) is 7.24. The summed E-state index contributed by atoms with van der Waals surface area (Å²) in [5.74, 6) is -0.498. The third-order valence-corrected chi connectivity index (χ3v) is 5.70. The highest BCUT2D eigenvalue weighted by atomic mass is 35.5. The molecule has 0 radical (unpaired) electrons. The molecule has 2 aromatic rings. The standard InChI is InChI=1S/C17H18ClNO3S/c1-3-23(21,22)16-11-7-5-9-14(16)17(20)19-12(2)13-8-4-6-10-15(13)18/h4-12H,3H2,1-2H3,(H,19,20)/t12-/m0/s1. The van der Waals surface area contributed by atoms with Gasteiger partial charge in [-0.05, 0) is 30.7 Å². The molecule has 2 aromatic carbocycles. The molecule has 2 rings (SSSR count). The molecule has 0 bridgehead atoms. The molecule has 0 saturated heterocycles. The predicted octanol–water partition coefficient (Wildman–Crippen LogP) is 3.62. The van der Waals surface area contributed by atoms with E-state index in [1.807, 2.05) is 18.2 Å². The number of benzene rings is 2. The van der Waals surface area contributed by atoms with Crippen LogP contribution in [0, 0.1) is 0 Å². The molecule has 0 heterocycles. The molecule has 0 aromatic heterocycles. The van der Waals surface area contributed by atoms with E-state index < -0.39 is 15.7 Å². The maximum atomic E-state index is 12.5. The van der Waals surface area contributed by atoms with Crippen molar-refractivity contribution in [2.45, 2.75) is 24.8 Å². The van der Waals surface area contributed by atoms with Crippen molar-refractivity contribution in [2.24, 2.45) is 0 Å². The van der Waals surface area contributed by atoms with Gasteiger partial charge in [0.05, 0.1) is 22.3 Å². The summed E-state index contributed by atoms with van der Waals surface area (Å²) in [6.45, 7) is 3.35. The van der Waals surface area contributed by atoms with Gasteiger partial charge in [-0.2, -0.15) is 0 Å². The Balaban J connectivity index is 2.31. The summed E-state index contributed by atoms with van der Waals surface area (Å²) in [5, 5.41) is 3.35. The van der Waals surface area contributed by atoms with Gasteiger partial charge in [0.15, 0.2) is 9.84 Å². The summed E-state index contributed by atoms with van der Waals surface area (Å²) in [5.41, 5.74) is 0.923. The van der Waals surface area contributed by atoms with Crippen LogP contribution in [-0.4, -0.2) is 20.1 Å². The van der Waals surface area contributed by atoms with Gasteiger partial charge in [-0.25, -0.2) is 8.42 Å². The van der Waals surface area contributed by atoms with Crippen molar-refractivity contribution in [1.82, 2.24) is 5.32 Å². The fourth-order valence-electron chi connectivity index (χ4n) is 2.26. The molecule has 0 fully saturated rings. The largest absolute Gasteiger partial charge is 0.345 e. The van der Waals surface area contributed by atoms with E-state index in [-0.39, 0.29) is 22.3 Å². The Morgan fingerprint density at radius 3 is 2.39 bits per heavy atom. The smallest absolute Gasteiger partial charge is 0.253 e. The Hall–Kier alpha value is -1.85. The van der Waals surface area contributed by atoms with Crippen molar-refractivity contribution in [3.05, 3.63) is 64.7 Å². The monoisotopic (exact) mass is 351 g/mol. The molecular formula is C17H18ClNO3S. The Kier molecular flexibility index (Phi) is 5.44. The minimum Gasteiger partial charge on any atom is -0.345 e. The number of carbonyl (C=O) groups excluding carboxylic acids is 1. The molecule has 4 nitrogen and oxygen atoms in total. The minimum absolute atomic E-state index is 0.0476. The van der Waals surface area contributed by atoms with Crippen LogP contribution < -0.4 is 5.32 Å². The van der Waals surface area contributed by atoms with Crippen LogP contribution in [0.1, 0.15) is 35.8 Å². The van der Waals surface area contributed by atoms with Gasteiger partial charge in [0.1, 0.15) is 0 Å². The van der Waals surface area contributed by atoms with Gasteiger partial charge < -0.3 is 5.32 Å². The van der Waals surface area contributed by atoms with Crippen LogP contribution in [0.15, 0.2) is 53.4 Å². The number of hydrogen-bond donors (Lipinski definition) is 1. The normalized spacial score (nSPS) is 12.7. The zero-order chi connectivity index (χ0) is 17.0. The fraction of sp³-hybridized carbons (Fsp3) is 0.235. The summed E-state index contributed by atoms with van der Waals surface area (Å²) < 4.78 is 24.3. The van der Waals surface area contributed by atoms with Crippen LogP contribution in [0.4, 0.5) is 0 Å². The maximum Gasteiger partial charge on any atom is 0.253 e. The first-order valence-corrected chi connectivity index (χ1v) is 9.27. The van der Waals surface area contributed by atoms with Gasteiger partial charge in [-0.3, -0.25) is 4.79 Å². The van der Waals surface area contributed by atoms with Gasteiger partial charge in [0.2, 0.25) is 0 Å². The van der Waals surface area contributed by atoms with Gasteiger partial charge in [-0.15, -0.1) is 0 Å². The van der Waals surface area contributed by atoms with Crippen molar-refractivity contribution in [2.75, 3.05) is 5.75 Å². The SMILES string of the molecule is CCS(=O)(=O)c1ccccc1C(=O)N[C@@H](C)c1ccccc1Cl. The minimum atomic E-state index is -3.47. The molecule has 0 aliphatic rings. The second kappa shape index (κ2) is 7.15. The van der Waals surface area contributed by atoms with Crippen LogP contribution >= 0.6 is 11.6 Å². The summed E-state index contributed by atoms with van der Waals surface area (Å²) >= 11 is 6.13. The van der Waals surface area contributed by atoms with E-state index in [9.17, 15) is 13.2 Å². The number of halogens is 1. The number of amides is 1. The molecule has 0 aliphatic heterocycles. The molecule has 23 heavy (non-hydrogen) atoms. The van der Waals surface area contributed by atoms with Gasteiger partial charge in [0.25, 0.3) is 5.91 Å². The number of nitrogens with one attached hydrogen (secondary N) is 1. The van der Waals surface area contributed by atoms with Gasteiger partial charge in [-0.1, -0.05) is 48.9 Å². The van der Waals surface area contributed by atoms with Crippen LogP contribution in [0.25, 0.3) is 0 Å². The van der Waals surface area contributed by atoms with Crippen molar-refractivity contribution in [3.8, 4) is 0 Å². The average molecular weight is 352 g/mol. The van der Waals surface area contributed by atoms with E-state index in [0.29, 0.717) is 5.02 Å². The molecule has 0 unspecified atom stereocenters. The quantitative estimate of drug-likeness (QED) is 0.894. The topological polar surface area (TPSA) is 63.2 Å². The zero-order valence-electron chi connectivity index (χ0n) is 12.9. The zero-order valence-corrected chi connectivity index (χ0v) is 14.5. The Labute approximate surface area is 141 Å². The number of carbonyl (C=O) groups is 1. The van der Waals surface area contributed by atoms with E-state index in [4.69, 9.17) is 11.6 Å². The number of sulfone groups is 1. The molecule has 122 valence electrons. The second-order valence-corrected chi connectivity index (χ2v) is 7.77. The van der Waals surface area contributed by atoms with Crippen LogP contribution in [-0.2, 0) is 9.84 Å². The van der Waals surface area contributed by atoms with Gasteiger partial charge in [0, 0.05) is 5.02 Å². The van der Waals surface area contributed by atoms with Crippen molar-refractivity contribution in [1.29, 1.82) is 0 Å². The lowest BCUT2D eigenvalue weighted by Crippen LogP contribution is -2.28. The second-order valence-electron chi connectivity index (χ2n) is 5.12. The Morgan fingerprint density at radius 1 is 1.13 bits per heavy atom. The average Bonchev–Trinajstić information content (AvgIpc) is 2.55. The number of hydrogen-bond acceptors (Lipinski definition) is 3. The van der Waals surface area contributed by atoms with Crippen molar-refractivity contribution in [3.63, 3.8) is 0 Å². The highest BCUT2D eigenvalue weighted by Gasteiger charge is 2.22. The van der Waals surface area contributed by atoms with Crippen molar-refractivity contribution < 1.29 is 13.2 Å². The van der Waals surface area contributed by atoms with Crippen molar-refractivity contribution >= 4 is 27.3 Å².